The SMILES string of the molecule is O=C(O)c1ccc(SC[C@@H]2C[C@H](c3ccc(CO)cc3)OC(c3ccc(CNC(=O)c4ccc5c(c4)C(=O)OC5=O)cc3)O2)cc1. The zero-order valence-corrected chi connectivity index (χ0v) is 25.2. The number of ether oxygens (including phenoxy) is 3. The van der Waals surface area contributed by atoms with E-state index in [2.05, 4.69) is 10.1 Å². The first-order chi connectivity index (χ1) is 22.3. The van der Waals surface area contributed by atoms with Crippen molar-refractivity contribution in [3.8, 4) is 0 Å². The maximum atomic E-state index is 12.7. The molecule has 3 atom stereocenters. The summed E-state index contributed by atoms with van der Waals surface area (Å²) in [6.07, 6.45) is -0.489. The molecule has 0 aliphatic carbocycles. The summed E-state index contributed by atoms with van der Waals surface area (Å²) in [4.78, 5) is 48.4. The van der Waals surface area contributed by atoms with Crippen LogP contribution >= 0.6 is 11.8 Å². The van der Waals surface area contributed by atoms with Crippen molar-refractivity contribution in [3.05, 3.63) is 136 Å². The van der Waals surface area contributed by atoms with Gasteiger partial charge >= 0.3 is 17.9 Å². The van der Waals surface area contributed by atoms with Crippen LogP contribution in [0.4, 0.5) is 0 Å². The number of esters is 2. The minimum absolute atomic E-state index is 0.0484. The molecule has 0 saturated carbocycles. The summed E-state index contributed by atoms with van der Waals surface area (Å²) in [6, 6.07) is 26.1. The lowest BCUT2D eigenvalue weighted by Crippen LogP contribution is -2.31. The number of cyclic esters (lactones) is 2. The van der Waals surface area contributed by atoms with E-state index in [0.717, 1.165) is 27.1 Å². The van der Waals surface area contributed by atoms with Crippen LogP contribution in [0.2, 0.25) is 0 Å². The van der Waals surface area contributed by atoms with Crippen LogP contribution < -0.4 is 5.32 Å². The molecule has 46 heavy (non-hydrogen) atoms. The average molecular weight is 640 g/mol. The topological polar surface area (TPSA) is 148 Å². The number of carbonyl (C=O) groups excluding carboxylic acids is 3. The lowest BCUT2D eigenvalue weighted by atomic mass is 10.0. The first-order valence-electron chi connectivity index (χ1n) is 14.5. The highest BCUT2D eigenvalue weighted by molar-refractivity contribution is 7.99. The summed E-state index contributed by atoms with van der Waals surface area (Å²) in [5.74, 6) is -2.23. The number of benzene rings is 4. The molecule has 0 radical (unpaired) electrons. The molecule has 4 aromatic rings. The highest BCUT2D eigenvalue weighted by Crippen LogP contribution is 2.39. The van der Waals surface area contributed by atoms with Crippen molar-refractivity contribution in [2.24, 2.45) is 0 Å². The molecule has 11 heteroatoms. The van der Waals surface area contributed by atoms with Crippen LogP contribution in [0, 0.1) is 0 Å². The first-order valence-corrected chi connectivity index (χ1v) is 15.5. The van der Waals surface area contributed by atoms with Gasteiger partial charge in [0.15, 0.2) is 6.29 Å². The number of aliphatic hydroxyl groups excluding tert-OH is 1. The van der Waals surface area contributed by atoms with Crippen molar-refractivity contribution >= 4 is 35.6 Å². The van der Waals surface area contributed by atoms with Crippen LogP contribution in [-0.2, 0) is 27.4 Å². The van der Waals surface area contributed by atoms with E-state index in [9.17, 15) is 29.4 Å². The Morgan fingerprint density at radius 2 is 1.43 bits per heavy atom. The Morgan fingerprint density at radius 1 is 0.783 bits per heavy atom. The average Bonchev–Trinajstić information content (AvgIpc) is 3.38. The number of rotatable bonds is 10. The van der Waals surface area contributed by atoms with E-state index in [-0.39, 0.29) is 47.6 Å². The van der Waals surface area contributed by atoms with Gasteiger partial charge in [0, 0.05) is 34.7 Å². The molecule has 2 heterocycles. The molecule has 0 aromatic heterocycles. The van der Waals surface area contributed by atoms with Crippen LogP contribution in [0.1, 0.15) is 82.5 Å². The van der Waals surface area contributed by atoms with Gasteiger partial charge in [0.1, 0.15) is 0 Å². The fourth-order valence-corrected chi connectivity index (χ4v) is 6.13. The van der Waals surface area contributed by atoms with E-state index in [4.69, 9.17) is 9.47 Å². The molecule has 1 saturated heterocycles. The molecule has 4 aromatic carbocycles. The summed E-state index contributed by atoms with van der Waals surface area (Å²) < 4.78 is 17.4. The molecule has 0 spiro atoms. The first kappa shape index (κ1) is 31.2. The number of amides is 1. The third-order valence-corrected chi connectivity index (χ3v) is 8.91. The molecule has 1 fully saturated rings. The number of fused-ring (bicyclic) bond motifs is 1. The van der Waals surface area contributed by atoms with Crippen molar-refractivity contribution in [1.29, 1.82) is 0 Å². The minimum atomic E-state index is -0.971. The minimum Gasteiger partial charge on any atom is -0.478 e. The summed E-state index contributed by atoms with van der Waals surface area (Å²) in [6.45, 7) is 0.180. The van der Waals surface area contributed by atoms with Gasteiger partial charge in [-0.25, -0.2) is 14.4 Å². The molecule has 234 valence electrons. The van der Waals surface area contributed by atoms with Gasteiger partial charge in [0.25, 0.3) is 5.91 Å². The standard InChI is InChI=1S/C35H29NO9S/c37-18-21-3-5-22(6-4-21)30-16-26(19-46-27-12-9-23(10-13-27)32(39)40)43-35(44-30)24-7-1-20(2-8-24)17-36-31(38)25-11-14-28-29(15-25)34(42)45-33(28)41/h1-15,26,30,35,37H,16-19H2,(H,36,38)(H,39,40)/t26-,30+,35?/m0/s1. The van der Waals surface area contributed by atoms with Crippen molar-refractivity contribution in [3.63, 3.8) is 0 Å². The number of aromatic carboxylic acids is 1. The number of carboxylic acid groups (broad SMARTS) is 1. The number of nitrogens with one attached hydrogen (secondary N) is 1. The largest absolute Gasteiger partial charge is 0.478 e. The normalized spacial score (nSPS) is 18.9. The molecule has 0 bridgehead atoms. The van der Waals surface area contributed by atoms with E-state index in [1.165, 1.54) is 18.2 Å². The van der Waals surface area contributed by atoms with Gasteiger partial charge in [-0.1, -0.05) is 48.5 Å². The van der Waals surface area contributed by atoms with Gasteiger partial charge in [-0.3, -0.25) is 4.79 Å². The predicted molar refractivity (Wildman–Crippen MR) is 166 cm³/mol. The molecule has 10 nitrogen and oxygen atoms in total. The van der Waals surface area contributed by atoms with Crippen molar-refractivity contribution in [1.82, 2.24) is 5.32 Å². The Morgan fingerprint density at radius 3 is 2.13 bits per heavy atom. The summed E-state index contributed by atoms with van der Waals surface area (Å²) in [7, 11) is 0. The Kier molecular flexibility index (Phi) is 9.27. The Hall–Kier alpha value is -4.81. The second kappa shape index (κ2) is 13.7. The van der Waals surface area contributed by atoms with E-state index >= 15 is 0 Å². The molecule has 6 rings (SSSR count). The molecule has 3 N–H and O–H groups in total. The number of hydrogen-bond donors (Lipinski definition) is 3. The van der Waals surface area contributed by atoms with E-state index in [1.54, 1.807) is 36.0 Å². The molecule has 1 unspecified atom stereocenters. The zero-order chi connectivity index (χ0) is 32.2. The van der Waals surface area contributed by atoms with Crippen LogP contribution in [0.25, 0.3) is 0 Å². The number of hydrogen-bond acceptors (Lipinski definition) is 9. The third-order valence-electron chi connectivity index (χ3n) is 7.76. The molecule has 2 aliphatic heterocycles. The Bertz CT molecular complexity index is 1770. The zero-order valence-electron chi connectivity index (χ0n) is 24.4. The summed E-state index contributed by atoms with van der Waals surface area (Å²) in [5, 5.41) is 21.5. The van der Waals surface area contributed by atoms with Gasteiger partial charge in [0.05, 0.1) is 35.5 Å². The van der Waals surface area contributed by atoms with Crippen LogP contribution in [0.3, 0.4) is 0 Å². The van der Waals surface area contributed by atoms with Crippen LogP contribution in [0.15, 0.2) is 95.9 Å². The van der Waals surface area contributed by atoms with Crippen molar-refractivity contribution in [2.45, 2.75) is 43.0 Å². The molecule has 2 aliphatic rings. The highest BCUT2D eigenvalue weighted by Gasteiger charge is 2.33. The predicted octanol–water partition coefficient (Wildman–Crippen LogP) is 5.46. The lowest BCUT2D eigenvalue weighted by Gasteiger charge is -2.36. The van der Waals surface area contributed by atoms with E-state index < -0.39 is 30.1 Å². The summed E-state index contributed by atoms with van der Waals surface area (Å²) in [5.41, 5.74) is 4.09. The van der Waals surface area contributed by atoms with Gasteiger partial charge in [-0.15, -0.1) is 11.8 Å². The van der Waals surface area contributed by atoms with Gasteiger partial charge in [-0.05, 0) is 59.2 Å². The quantitative estimate of drug-likeness (QED) is 0.116. The van der Waals surface area contributed by atoms with Gasteiger partial charge in [0.2, 0.25) is 0 Å². The fraction of sp³-hybridized carbons (Fsp3) is 0.200. The second-order valence-corrected chi connectivity index (χ2v) is 11.9. The van der Waals surface area contributed by atoms with Crippen LogP contribution in [0.5, 0.6) is 0 Å². The van der Waals surface area contributed by atoms with Crippen molar-refractivity contribution < 1.29 is 43.6 Å². The molecular formula is C35H29NO9S. The van der Waals surface area contributed by atoms with Crippen molar-refractivity contribution in [2.75, 3.05) is 5.75 Å². The summed E-state index contributed by atoms with van der Waals surface area (Å²) >= 11 is 1.58. The van der Waals surface area contributed by atoms with E-state index in [0.29, 0.717) is 12.2 Å². The number of carbonyl (C=O) groups is 4. The maximum absolute atomic E-state index is 12.7. The Labute approximate surface area is 268 Å². The lowest BCUT2D eigenvalue weighted by molar-refractivity contribution is -0.245. The fourth-order valence-electron chi connectivity index (χ4n) is 5.21. The maximum Gasteiger partial charge on any atom is 0.346 e. The van der Waals surface area contributed by atoms with Gasteiger partial charge < -0.3 is 29.7 Å². The number of carboxylic acids is 1. The molecule has 1 amide bonds. The van der Waals surface area contributed by atoms with Gasteiger partial charge in [-0.2, -0.15) is 0 Å². The highest BCUT2D eigenvalue weighted by atomic mass is 32.2. The number of thioether (sulfide) groups is 1. The monoisotopic (exact) mass is 639 g/mol. The number of aliphatic hydroxyl groups is 1. The van der Waals surface area contributed by atoms with Crippen LogP contribution in [-0.4, -0.2) is 45.9 Å². The third kappa shape index (κ3) is 7.03. The second-order valence-electron chi connectivity index (χ2n) is 10.9. The van der Waals surface area contributed by atoms with E-state index in [1.807, 2.05) is 48.5 Å². The Balaban J connectivity index is 1.12. The smallest absolute Gasteiger partial charge is 0.346 e. The molecular weight excluding hydrogens is 610 g/mol.